The molecule has 1 saturated heterocycles. The minimum Gasteiger partial charge on any atom is -0.497 e. The van der Waals surface area contributed by atoms with E-state index in [1.54, 1.807) is 32.6 Å². The van der Waals surface area contributed by atoms with Gasteiger partial charge < -0.3 is 33.2 Å². The summed E-state index contributed by atoms with van der Waals surface area (Å²) < 4.78 is 40.5. The number of anilines is 1. The van der Waals surface area contributed by atoms with E-state index in [9.17, 15) is 24.3 Å². The third-order valence-corrected chi connectivity index (χ3v) is 15.9. The van der Waals surface area contributed by atoms with Gasteiger partial charge >= 0.3 is 11.9 Å². The molecular weight excluding hydrogens is 815 g/mol. The predicted molar refractivity (Wildman–Crippen MR) is 233 cm³/mol. The molecule has 1 aliphatic heterocycles. The van der Waals surface area contributed by atoms with Gasteiger partial charge in [0.15, 0.2) is 25.7 Å². The van der Waals surface area contributed by atoms with Crippen LogP contribution in [0.15, 0.2) is 90.0 Å². The number of fused-ring (bicyclic) bond motifs is 1. The largest absolute Gasteiger partial charge is 0.497 e. The number of aromatic amines is 1. The SMILES string of the molecule is COc1ccc(C(O[C@H]2[C@@H](O[Si](C)(C)C(C)(C)C)[C@H](n3cnc4c(=O)[nH]c(NC(=O)C(C)C)nc43)O[C@@H]2COC(=O)CCC(=O)O)(c2ccccc2)c2ccc(OC)cc2)cc1. The molecule has 3 heterocycles. The van der Waals surface area contributed by atoms with Gasteiger partial charge in [-0.1, -0.05) is 89.2 Å². The van der Waals surface area contributed by atoms with E-state index in [-0.39, 0.29) is 41.1 Å². The number of benzene rings is 3. The van der Waals surface area contributed by atoms with Crippen molar-refractivity contribution in [1.29, 1.82) is 0 Å². The second-order valence-electron chi connectivity index (χ2n) is 17.0. The van der Waals surface area contributed by atoms with Crippen LogP contribution in [-0.4, -0.2) is 89.9 Å². The molecule has 3 aromatic carbocycles. The molecule has 1 aliphatic rings. The van der Waals surface area contributed by atoms with Crippen molar-refractivity contribution < 1.29 is 47.6 Å². The minimum atomic E-state index is -2.77. The predicted octanol–water partition coefficient (Wildman–Crippen LogP) is 6.80. The fourth-order valence-electron chi connectivity index (χ4n) is 6.97. The van der Waals surface area contributed by atoms with E-state index in [0.29, 0.717) is 22.6 Å². The molecule has 0 saturated carbocycles. The van der Waals surface area contributed by atoms with E-state index >= 15 is 0 Å². The van der Waals surface area contributed by atoms with Crippen molar-refractivity contribution in [2.24, 2.45) is 5.92 Å². The maximum absolute atomic E-state index is 13.5. The number of methoxy groups -OCH3 is 2. The molecule has 0 unspecified atom stereocenters. The molecule has 4 atom stereocenters. The highest BCUT2D eigenvalue weighted by Gasteiger charge is 2.55. The van der Waals surface area contributed by atoms with Gasteiger partial charge in [0.05, 0.1) is 33.4 Å². The zero-order valence-corrected chi connectivity index (χ0v) is 37.5. The van der Waals surface area contributed by atoms with Gasteiger partial charge in [-0.05, 0) is 59.1 Å². The molecule has 330 valence electrons. The number of ether oxygens (including phenoxy) is 5. The van der Waals surface area contributed by atoms with Crippen LogP contribution in [0.25, 0.3) is 11.2 Å². The van der Waals surface area contributed by atoms with Crippen LogP contribution in [0.2, 0.25) is 18.1 Å². The molecule has 0 radical (unpaired) electrons. The summed E-state index contributed by atoms with van der Waals surface area (Å²) in [5.74, 6) is -1.49. The van der Waals surface area contributed by atoms with E-state index in [4.69, 9.17) is 28.1 Å². The zero-order chi connectivity index (χ0) is 45.0. The zero-order valence-electron chi connectivity index (χ0n) is 36.5. The number of nitrogens with one attached hydrogen (secondary N) is 2. The molecule has 17 heteroatoms. The van der Waals surface area contributed by atoms with Gasteiger partial charge in [-0.25, -0.2) is 4.98 Å². The van der Waals surface area contributed by atoms with E-state index < -0.39 is 68.3 Å². The number of aromatic nitrogens is 4. The van der Waals surface area contributed by atoms with Crippen LogP contribution in [0.1, 0.15) is 70.4 Å². The molecule has 6 rings (SSSR count). The highest BCUT2D eigenvalue weighted by Crippen LogP contribution is 2.49. The fraction of sp³-hybridized carbons (Fsp3) is 0.422. The Morgan fingerprint density at radius 3 is 2.00 bits per heavy atom. The number of aliphatic carboxylic acids is 1. The fourth-order valence-corrected chi connectivity index (χ4v) is 8.26. The standard InChI is InChI=1S/C45H55N5O11Si/c1-27(2)40(54)48-43-47-39-36(41(55)49-43)46-26-50(39)42-38(61-62(8,9)44(3,4)5)37(33(59-42)25-58-35(53)24-23-34(51)52)60-45(28-13-11-10-12-14-28,29-15-19-31(56-6)20-16-29)30-17-21-32(57-7)22-18-30/h10-22,26-27,33,37-38,42H,23-25H2,1-9H3,(H,51,52)(H2,47,48,49,54,55)/t33-,37-,38-,42-/m1/s1. The first kappa shape index (κ1) is 45.6. The highest BCUT2D eigenvalue weighted by molar-refractivity contribution is 6.74. The normalized spacial score (nSPS) is 18.2. The Balaban J connectivity index is 1.60. The number of rotatable bonds is 17. The first-order valence-corrected chi connectivity index (χ1v) is 23.3. The Morgan fingerprint density at radius 2 is 1.47 bits per heavy atom. The van der Waals surface area contributed by atoms with Gasteiger partial charge in [0.1, 0.15) is 42.0 Å². The smallest absolute Gasteiger partial charge is 0.306 e. The first-order valence-electron chi connectivity index (χ1n) is 20.4. The van der Waals surface area contributed by atoms with Crippen LogP contribution < -0.4 is 20.3 Å². The van der Waals surface area contributed by atoms with Crippen LogP contribution in [0.4, 0.5) is 5.95 Å². The molecule has 0 bridgehead atoms. The lowest BCUT2D eigenvalue weighted by Crippen LogP contribution is -2.52. The third kappa shape index (κ3) is 9.60. The summed E-state index contributed by atoms with van der Waals surface area (Å²) in [5, 5.41) is 11.7. The van der Waals surface area contributed by atoms with Crippen molar-refractivity contribution in [1.82, 2.24) is 19.5 Å². The number of carbonyl (C=O) groups excluding carboxylic acids is 2. The second kappa shape index (κ2) is 18.6. The van der Waals surface area contributed by atoms with Crippen molar-refractivity contribution in [3.8, 4) is 11.5 Å². The van der Waals surface area contributed by atoms with Crippen molar-refractivity contribution in [2.75, 3.05) is 26.1 Å². The maximum atomic E-state index is 13.5. The highest BCUT2D eigenvalue weighted by atomic mass is 28.4. The van der Waals surface area contributed by atoms with Gasteiger partial charge in [-0.15, -0.1) is 0 Å². The molecule has 5 aromatic rings. The summed E-state index contributed by atoms with van der Waals surface area (Å²) in [6.45, 7) is 13.6. The number of H-pyrrole nitrogens is 1. The van der Waals surface area contributed by atoms with E-state index in [1.165, 1.54) is 6.33 Å². The maximum Gasteiger partial charge on any atom is 0.306 e. The lowest BCUT2D eigenvalue weighted by atomic mass is 9.79. The second-order valence-corrected chi connectivity index (χ2v) is 21.7. The Labute approximate surface area is 361 Å². The average Bonchev–Trinajstić information content (AvgIpc) is 3.81. The monoisotopic (exact) mass is 869 g/mol. The Bertz CT molecular complexity index is 2360. The average molecular weight is 870 g/mol. The number of amides is 1. The Morgan fingerprint density at radius 1 is 0.887 bits per heavy atom. The van der Waals surface area contributed by atoms with E-state index in [2.05, 4.69) is 54.1 Å². The molecule has 1 amide bonds. The summed E-state index contributed by atoms with van der Waals surface area (Å²) in [6.07, 6.45) is -3.55. The quantitative estimate of drug-likeness (QED) is 0.0501. The lowest BCUT2D eigenvalue weighted by molar-refractivity contribution is -0.156. The molecular formula is C45H55N5O11Si. The molecule has 3 N–H and O–H groups in total. The number of hydrogen-bond acceptors (Lipinski definition) is 12. The Hall–Kier alpha value is -5.88. The molecule has 2 aromatic heterocycles. The number of nitrogens with zero attached hydrogens (tertiary/aromatic N) is 3. The van der Waals surface area contributed by atoms with Crippen LogP contribution in [0.3, 0.4) is 0 Å². The summed E-state index contributed by atoms with van der Waals surface area (Å²) in [7, 11) is 0.403. The van der Waals surface area contributed by atoms with Gasteiger partial charge in [0, 0.05) is 5.92 Å². The number of carbonyl (C=O) groups is 3. The summed E-state index contributed by atoms with van der Waals surface area (Å²) in [6, 6.07) is 24.7. The number of carboxylic acid groups (broad SMARTS) is 1. The number of hydrogen-bond donors (Lipinski definition) is 3. The van der Waals surface area contributed by atoms with Crippen LogP contribution in [0.5, 0.6) is 11.5 Å². The topological polar surface area (TPSA) is 202 Å². The number of esters is 1. The summed E-state index contributed by atoms with van der Waals surface area (Å²) in [5.41, 5.74) is 0.267. The third-order valence-electron chi connectivity index (χ3n) is 11.4. The Kier molecular flexibility index (Phi) is 13.7. The van der Waals surface area contributed by atoms with Crippen molar-refractivity contribution >= 4 is 43.3 Å². The summed E-state index contributed by atoms with van der Waals surface area (Å²) >= 11 is 0. The molecule has 0 spiro atoms. The minimum absolute atomic E-state index is 0.0154. The lowest BCUT2D eigenvalue weighted by Gasteiger charge is -2.44. The summed E-state index contributed by atoms with van der Waals surface area (Å²) in [4.78, 5) is 62.4. The van der Waals surface area contributed by atoms with Crippen LogP contribution >= 0.6 is 0 Å². The molecule has 1 fully saturated rings. The number of imidazole rings is 1. The van der Waals surface area contributed by atoms with Gasteiger partial charge in [0.2, 0.25) is 11.9 Å². The van der Waals surface area contributed by atoms with E-state index in [1.807, 2.05) is 78.9 Å². The van der Waals surface area contributed by atoms with Crippen LogP contribution in [-0.2, 0) is 38.6 Å². The van der Waals surface area contributed by atoms with Crippen molar-refractivity contribution in [3.63, 3.8) is 0 Å². The molecule has 0 aliphatic carbocycles. The van der Waals surface area contributed by atoms with Gasteiger partial charge in [-0.2, -0.15) is 4.98 Å². The van der Waals surface area contributed by atoms with Crippen LogP contribution in [0, 0.1) is 5.92 Å². The van der Waals surface area contributed by atoms with Crippen molar-refractivity contribution in [2.45, 2.75) is 95.7 Å². The number of carboxylic acids is 1. The van der Waals surface area contributed by atoms with E-state index in [0.717, 1.165) is 5.56 Å². The van der Waals surface area contributed by atoms with Crippen molar-refractivity contribution in [3.05, 3.63) is 112 Å². The van der Waals surface area contributed by atoms with Gasteiger partial charge in [-0.3, -0.25) is 34.0 Å². The van der Waals surface area contributed by atoms with Gasteiger partial charge in [0.25, 0.3) is 5.56 Å². The molecule has 62 heavy (non-hydrogen) atoms. The first-order chi connectivity index (χ1) is 29.4. The molecule has 16 nitrogen and oxygen atoms in total.